The summed E-state index contributed by atoms with van der Waals surface area (Å²) in [6.45, 7) is 0. The van der Waals surface area contributed by atoms with Crippen LogP contribution in [0.3, 0.4) is 0 Å². The fourth-order valence-electron chi connectivity index (χ4n) is 4.81. The Labute approximate surface area is 199 Å². The molecule has 156 valence electrons. The van der Waals surface area contributed by atoms with Crippen molar-refractivity contribution in [1.82, 2.24) is 9.55 Å². The van der Waals surface area contributed by atoms with E-state index in [1.807, 2.05) is 23.5 Å². The van der Waals surface area contributed by atoms with Crippen molar-refractivity contribution in [3.8, 4) is 16.9 Å². The molecule has 0 aliphatic heterocycles. The molecule has 4 aromatic carbocycles. The molecule has 7 rings (SSSR count). The Balaban J connectivity index is 1.76. The standard InChI is InChI=1S/C29H17ClN2S/c30-19-16-14-18(15-17-19)26-25-27-29(33-28(25)21-10-4-6-12-23(21)31-26)22-11-5-7-13-24(22)32(27)20-8-2-1-3-9-20/h1-17H. The summed E-state index contributed by atoms with van der Waals surface area (Å²) in [7, 11) is 0. The number of nitrogens with zero attached hydrogens (tertiary/aromatic N) is 2. The van der Waals surface area contributed by atoms with Crippen molar-refractivity contribution in [3.05, 3.63) is 108 Å². The third-order valence-electron chi connectivity index (χ3n) is 6.25. The predicted octanol–water partition coefficient (Wildman–Crippen LogP) is 8.87. The van der Waals surface area contributed by atoms with Gasteiger partial charge in [-0.25, -0.2) is 4.98 Å². The predicted molar refractivity (Wildman–Crippen MR) is 142 cm³/mol. The smallest absolute Gasteiger partial charge is 0.0817 e. The van der Waals surface area contributed by atoms with Crippen LogP contribution >= 0.6 is 22.9 Å². The van der Waals surface area contributed by atoms with Crippen molar-refractivity contribution in [2.45, 2.75) is 0 Å². The lowest BCUT2D eigenvalue weighted by Gasteiger charge is -2.11. The number of fused-ring (bicyclic) bond motifs is 7. The summed E-state index contributed by atoms with van der Waals surface area (Å²) in [5.74, 6) is 0. The first-order valence-corrected chi connectivity index (χ1v) is 12.0. The molecule has 0 aliphatic rings. The van der Waals surface area contributed by atoms with Gasteiger partial charge in [0.2, 0.25) is 0 Å². The minimum Gasteiger partial charge on any atom is -0.308 e. The largest absolute Gasteiger partial charge is 0.308 e. The average molecular weight is 461 g/mol. The van der Waals surface area contributed by atoms with Crippen molar-refractivity contribution < 1.29 is 0 Å². The summed E-state index contributed by atoms with van der Waals surface area (Å²) >= 11 is 8.08. The molecule has 0 amide bonds. The van der Waals surface area contributed by atoms with E-state index in [9.17, 15) is 0 Å². The van der Waals surface area contributed by atoms with Crippen molar-refractivity contribution >= 4 is 65.0 Å². The van der Waals surface area contributed by atoms with Gasteiger partial charge in [0.25, 0.3) is 0 Å². The lowest BCUT2D eigenvalue weighted by atomic mass is 10.0. The molecule has 0 spiro atoms. The summed E-state index contributed by atoms with van der Waals surface area (Å²) in [6, 6.07) is 35.7. The van der Waals surface area contributed by atoms with Crippen LogP contribution in [0.25, 0.3) is 59.1 Å². The van der Waals surface area contributed by atoms with Crippen LogP contribution in [0.5, 0.6) is 0 Å². The van der Waals surface area contributed by atoms with Crippen LogP contribution in [-0.4, -0.2) is 9.55 Å². The minimum atomic E-state index is 0.727. The summed E-state index contributed by atoms with van der Waals surface area (Å²) in [5, 5.41) is 4.37. The fraction of sp³-hybridized carbons (Fsp3) is 0. The van der Waals surface area contributed by atoms with Gasteiger partial charge in [-0.2, -0.15) is 0 Å². The maximum atomic E-state index is 6.22. The van der Waals surface area contributed by atoms with E-state index in [0.29, 0.717) is 0 Å². The van der Waals surface area contributed by atoms with Gasteiger partial charge >= 0.3 is 0 Å². The van der Waals surface area contributed by atoms with Crippen LogP contribution in [0.4, 0.5) is 0 Å². The highest BCUT2D eigenvalue weighted by atomic mass is 35.5. The number of rotatable bonds is 2. The molecular weight excluding hydrogens is 444 g/mol. The van der Waals surface area contributed by atoms with E-state index in [0.717, 1.165) is 27.5 Å². The number of benzene rings is 4. The Hall–Kier alpha value is -3.66. The number of hydrogen-bond acceptors (Lipinski definition) is 2. The van der Waals surface area contributed by atoms with Crippen LogP contribution in [0.1, 0.15) is 0 Å². The molecule has 3 heterocycles. The van der Waals surface area contributed by atoms with Crippen LogP contribution < -0.4 is 0 Å². The van der Waals surface area contributed by atoms with Gasteiger partial charge in [0.15, 0.2) is 0 Å². The van der Waals surface area contributed by atoms with E-state index in [-0.39, 0.29) is 0 Å². The van der Waals surface area contributed by atoms with Crippen molar-refractivity contribution in [2.24, 2.45) is 0 Å². The van der Waals surface area contributed by atoms with Gasteiger partial charge in [-0.15, -0.1) is 11.3 Å². The number of halogens is 1. The molecule has 0 aliphatic carbocycles. The van der Waals surface area contributed by atoms with Crippen LogP contribution in [0, 0.1) is 0 Å². The van der Waals surface area contributed by atoms with Gasteiger partial charge in [0.1, 0.15) is 0 Å². The number of pyridine rings is 1. The van der Waals surface area contributed by atoms with E-state index in [1.54, 1.807) is 0 Å². The normalized spacial score (nSPS) is 11.8. The van der Waals surface area contributed by atoms with Gasteiger partial charge in [0, 0.05) is 37.1 Å². The molecule has 0 radical (unpaired) electrons. The van der Waals surface area contributed by atoms with Crippen molar-refractivity contribution in [1.29, 1.82) is 0 Å². The highest BCUT2D eigenvalue weighted by Gasteiger charge is 2.22. The zero-order valence-electron chi connectivity index (χ0n) is 17.5. The van der Waals surface area contributed by atoms with Gasteiger partial charge in [-0.3, -0.25) is 0 Å². The van der Waals surface area contributed by atoms with E-state index < -0.39 is 0 Å². The Morgan fingerprint density at radius 1 is 0.667 bits per heavy atom. The van der Waals surface area contributed by atoms with Gasteiger partial charge in [-0.05, 0) is 36.4 Å². The van der Waals surface area contributed by atoms with Gasteiger partial charge in [-0.1, -0.05) is 78.3 Å². The van der Waals surface area contributed by atoms with Crippen LogP contribution in [0.2, 0.25) is 5.02 Å². The Bertz CT molecular complexity index is 1810. The first-order valence-electron chi connectivity index (χ1n) is 10.9. The van der Waals surface area contributed by atoms with Crippen LogP contribution in [-0.2, 0) is 0 Å². The lowest BCUT2D eigenvalue weighted by molar-refractivity contribution is 1.19. The van der Waals surface area contributed by atoms with E-state index in [1.165, 1.54) is 36.6 Å². The van der Waals surface area contributed by atoms with Crippen LogP contribution in [0.15, 0.2) is 103 Å². The molecule has 4 heteroatoms. The molecule has 0 bridgehead atoms. The Kier molecular flexibility index (Phi) is 4.10. The average Bonchev–Trinajstić information content (AvgIpc) is 3.40. The summed E-state index contributed by atoms with van der Waals surface area (Å²) < 4.78 is 4.95. The quantitative estimate of drug-likeness (QED) is 0.252. The molecule has 0 unspecified atom stereocenters. The Morgan fingerprint density at radius 2 is 1.36 bits per heavy atom. The minimum absolute atomic E-state index is 0.727. The molecule has 0 fully saturated rings. The van der Waals surface area contributed by atoms with Gasteiger partial charge in [0.05, 0.1) is 26.9 Å². The molecule has 0 N–H and O–H groups in total. The van der Waals surface area contributed by atoms with E-state index >= 15 is 0 Å². The molecule has 0 saturated carbocycles. The molecule has 33 heavy (non-hydrogen) atoms. The second-order valence-electron chi connectivity index (χ2n) is 8.16. The summed E-state index contributed by atoms with van der Waals surface area (Å²) in [6.07, 6.45) is 0. The zero-order valence-corrected chi connectivity index (χ0v) is 19.1. The monoisotopic (exact) mass is 460 g/mol. The summed E-state index contributed by atoms with van der Waals surface area (Å²) in [4.78, 5) is 5.18. The maximum absolute atomic E-state index is 6.22. The summed E-state index contributed by atoms with van der Waals surface area (Å²) in [5.41, 5.74) is 6.65. The highest BCUT2D eigenvalue weighted by Crippen LogP contribution is 2.47. The third kappa shape index (κ3) is 2.76. The first-order chi connectivity index (χ1) is 16.3. The van der Waals surface area contributed by atoms with E-state index in [4.69, 9.17) is 16.6 Å². The fourth-order valence-corrected chi connectivity index (χ4v) is 6.29. The second-order valence-corrected chi connectivity index (χ2v) is 9.61. The number of para-hydroxylation sites is 3. The molecular formula is C29H17ClN2S. The van der Waals surface area contributed by atoms with Crippen molar-refractivity contribution in [2.75, 3.05) is 0 Å². The van der Waals surface area contributed by atoms with E-state index in [2.05, 4.69) is 95.6 Å². The number of hydrogen-bond donors (Lipinski definition) is 0. The molecule has 7 aromatic rings. The molecule has 2 nitrogen and oxygen atoms in total. The molecule has 0 atom stereocenters. The number of aromatic nitrogens is 2. The first kappa shape index (κ1) is 18.9. The lowest BCUT2D eigenvalue weighted by Crippen LogP contribution is -1.95. The number of thiophene rings is 1. The molecule has 3 aromatic heterocycles. The van der Waals surface area contributed by atoms with Crippen molar-refractivity contribution in [3.63, 3.8) is 0 Å². The molecule has 0 saturated heterocycles. The highest BCUT2D eigenvalue weighted by molar-refractivity contribution is 7.27. The third-order valence-corrected chi connectivity index (χ3v) is 7.74. The zero-order chi connectivity index (χ0) is 21.9. The second kappa shape index (κ2) is 7.17. The van der Waals surface area contributed by atoms with Gasteiger partial charge < -0.3 is 4.57 Å². The maximum Gasteiger partial charge on any atom is 0.0817 e. The topological polar surface area (TPSA) is 17.8 Å². The SMILES string of the molecule is Clc1ccc(-c2nc3ccccc3c3sc4c5ccccc5n(-c5ccccc5)c4c23)cc1. The Morgan fingerprint density at radius 3 is 2.18 bits per heavy atom.